The molecule has 0 saturated carbocycles. The van der Waals surface area contributed by atoms with Crippen LogP contribution < -0.4 is 14.8 Å². The highest BCUT2D eigenvalue weighted by molar-refractivity contribution is 5.74. The molecule has 176 valence electrons. The maximum Gasteiger partial charge on any atom is 0.317 e. The van der Waals surface area contributed by atoms with Crippen LogP contribution in [0.5, 0.6) is 17.4 Å². The number of methoxy groups -OCH3 is 2. The van der Waals surface area contributed by atoms with Crippen molar-refractivity contribution in [1.29, 1.82) is 0 Å². The van der Waals surface area contributed by atoms with Crippen molar-refractivity contribution in [3.8, 4) is 23.1 Å². The molecule has 0 saturated heterocycles. The van der Waals surface area contributed by atoms with Gasteiger partial charge in [0.05, 0.1) is 37.2 Å². The molecule has 0 aliphatic rings. The average Bonchev–Trinajstić information content (AvgIpc) is 3.12. The second-order valence-corrected chi connectivity index (χ2v) is 7.91. The Labute approximate surface area is 195 Å². The monoisotopic (exact) mass is 452 g/mol. The van der Waals surface area contributed by atoms with Crippen molar-refractivity contribution < 1.29 is 19.0 Å². The quantitative estimate of drug-likeness (QED) is 0.488. The first-order chi connectivity index (χ1) is 15.9. The number of aryl methyl sites for hydroxylation is 1. The number of hydrogen-bond donors (Lipinski definition) is 1. The van der Waals surface area contributed by atoms with Crippen molar-refractivity contribution in [2.24, 2.45) is 0 Å². The van der Waals surface area contributed by atoms with E-state index in [2.05, 4.69) is 5.32 Å². The predicted molar refractivity (Wildman–Crippen MR) is 127 cm³/mol. The molecule has 0 aliphatic carbocycles. The minimum absolute atomic E-state index is 0.0192. The first-order valence-corrected chi connectivity index (χ1v) is 10.9. The highest BCUT2D eigenvalue weighted by Gasteiger charge is 2.24. The van der Waals surface area contributed by atoms with Gasteiger partial charge < -0.3 is 24.4 Å². The lowest BCUT2D eigenvalue weighted by molar-refractivity contribution is 0.145. The van der Waals surface area contributed by atoms with E-state index in [9.17, 15) is 4.79 Å². The molecule has 8 heteroatoms. The van der Waals surface area contributed by atoms with E-state index in [4.69, 9.17) is 19.3 Å². The minimum atomic E-state index is -0.163. The third-order valence-electron chi connectivity index (χ3n) is 5.03. The fourth-order valence-corrected chi connectivity index (χ4v) is 3.31. The van der Waals surface area contributed by atoms with Crippen LogP contribution in [-0.2, 0) is 11.3 Å². The summed E-state index contributed by atoms with van der Waals surface area (Å²) in [6.45, 7) is 6.97. The number of aromatic nitrogens is 2. The van der Waals surface area contributed by atoms with Crippen LogP contribution in [0.4, 0.5) is 4.79 Å². The standard InChI is InChI=1S/C25H32N4O4/c1-18(2)26-25(30)28(15-16-31-4)17-23-19(3)27-29(20-9-7-6-8-10-20)24(23)33-22-13-11-21(32-5)12-14-22/h6-14,18H,15-17H2,1-5H3,(H,26,30). The number of urea groups is 1. The Morgan fingerprint density at radius 3 is 2.33 bits per heavy atom. The molecule has 3 aromatic rings. The molecule has 33 heavy (non-hydrogen) atoms. The Morgan fingerprint density at radius 1 is 1.06 bits per heavy atom. The summed E-state index contributed by atoms with van der Waals surface area (Å²) < 4.78 is 18.6. The zero-order valence-electron chi connectivity index (χ0n) is 19.9. The fourth-order valence-electron chi connectivity index (χ4n) is 3.31. The van der Waals surface area contributed by atoms with Crippen LogP contribution in [0, 0.1) is 6.92 Å². The lowest BCUT2D eigenvalue weighted by Crippen LogP contribution is -2.44. The normalized spacial score (nSPS) is 10.8. The largest absolute Gasteiger partial charge is 0.497 e. The minimum Gasteiger partial charge on any atom is -0.497 e. The van der Waals surface area contributed by atoms with E-state index in [1.807, 2.05) is 75.4 Å². The highest BCUT2D eigenvalue weighted by Crippen LogP contribution is 2.32. The van der Waals surface area contributed by atoms with Gasteiger partial charge in [-0.2, -0.15) is 5.10 Å². The van der Waals surface area contributed by atoms with Crippen LogP contribution in [0.2, 0.25) is 0 Å². The molecule has 0 unspecified atom stereocenters. The molecule has 0 spiro atoms. The second-order valence-electron chi connectivity index (χ2n) is 7.91. The molecular weight excluding hydrogens is 420 g/mol. The number of nitrogens with zero attached hydrogens (tertiary/aromatic N) is 3. The zero-order valence-corrected chi connectivity index (χ0v) is 19.9. The van der Waals surface area contributed by atoms with Gasteiger partial charge in [-0.05, 0) is 57.2 Å². The van der Waals surface area contributed by atoms with E-state index in [1.165, 1.54) is 0 Å². The van der Waals surface area contributed by atoms with Gasteiger partial charge in [-0.3, -0.25) is 0 Å². The van der Waals surface area contributed by atoms with E-state index in [0.29, 0.717) is 31.3 Å². The van der Waals surface area contributed by atoms with Gasteiger partial charge in [-0.1, -0.05) is 18.2 Å². The molecule has 3 rings (SSSR count). The van der Waals surface area contributed by atoms with Crippen LogP contribution in [0.1, 0.15) is 25.1 Å². The molecule has 2 amide bonds. The molecule has 1 aromatic heterocycles. The molecular formula is C25H32N4O4. The number of nitrogens with one attached hydrogen (secondary N) is 1. The summed E-state index contributed by atoms with van der Waals surface area (Å²) in [6, 6.07) is 17.0. The summed E-state index contributed by atoms with van der Waals surface area (Å²) in [4.78, 5) is 14.6. The lowest BCUT2D eigenvalue weighted by Gasteiger charge is -2.24. The van der Waals surface area contributed by atoms with Gasteiger partial charge in [-0.25, -0.2) is 9.48 Å². The van der Waals surface area contributed by atoms with Crippen molar-refractivity contribution in [2.45, 2.75) is 33.4 Å². The molecule has 0 bridgehead atoms. The fraction of sp³-hybridized carbons (Fsp3) is 0.360. The first-order valence-electron chi connectivity index (χ1n) is 10.9. The number of carbonyl (C=O) groups is 1. The number of amides is 2. The smallest absolute Gasteiger partial charge is 0.317 e. The van der Waals surface area contributed by atoms with Crippen LogP contribution in [0.3, 0.4) is 0 Å². The molecule has 1 N–H and O–H groups in total. The first kappa shape index (κ1) is 24.1. The van der Waals surface area contributed by atoms with Crippen molar-refractivity contribution in [3.05, 3.63) is 65.9 Å². The Balaban J connectivity index is 2.01. The number of hydrogen-bond acceptors (Lipinski definition) is 5. The summed E-state index contributed by atoms with van der Waals surface area (Å²) in [5.41, 5.74) is 2.47. The molecule has 0 atom stereocenters. The van der Waals surface area contributed by atoms with E-state index >= 15 is 0 Å². The average molecular weight is 453 g/mol. The molecule has 0 radical (unpaired) electrons. The topological polar surface area (TPSA) is 77.8 Å². The maximum absolute atomic E-state index is 12.9. The second kappa shape index (κ2) is 11.4. The van der Waals surface area contributed by atoms with Crippen LogP contribution in [0.15, 0.2) is 54.6 Å². The van der Waals surface area contributed by atoms with Crippen molar-refractivity contribution >= 4 is 6.03 Å². The van der Waals surface area contributed by atoms with E-state index in [-0.39, 0.29) is 12.1 Å². The van der Waals surface area contributed by atoms with Gasteiger partial charge in [0.15, 0.2) is 0 Å². The van der Waals surface area contributed by atoms with E-state index < -0.39 is 0 Å². The Hall–Kier alpha value is -3.52. The Kier molecular flexibility index (Phi) is 8.32. The third kappa shape index (κ3) is 6.26. The Bertz CT molecular complexity index is 1030. The van der Waals surface area contributed by atoms with Gasteiger partial charge >= 0.3 is 6.03 Å². The van der Waals surface area contributed by atoms with Gasteiger partial charge in [0, 0.05) is 19.7 Å². The van der Waals surface area contributed by atoms with Crippen LogP contribution >= 0.6 is 0 Å². The molecule has 0 fully saturated rings. The number of carbonyl (C=O) groups excluding carboxylic acids is 1. The zero-order chi connectivity index (χ0) is 23.8. The van der Waals surface area contributed by atoms with Crippen molar-refractivity contribution in [3.63, 3.8) is 0 Å². The van der Waals surface area contributed by atoms with Gasteiger partial charge in [0.25, 0.3) is 0 Å². The predicted octanol–water partition coefficient (Wildman–Crippen LogP) is 4.55. The number of benzene rings is 2. The van der Waals surface area contributed by atoms with E-state index in [1.54, 1.807) is 23.8 Å². The summed E-state index contributed by atoms with van der Waals surface area (Å²) in [7, 11) is 3.24. The molecule has 1 heterocycles. The lowest BCUT2D eigenvalue weighted by atomic mass is 10.2. The number of rotatable bonds is 10. The summed E-state index contributed by atoms with van der Waals surface area (Å²) in [5.74, 6) is 1.94. The van der Waals surface area contributed by atoms with Gasteiger partial charge in [-0.15, -0.1) is 0 Å². The summed E-state index contributed by atoms with van der Waals surface area (Å²) in [5, 5.41) is 7.70. The summed E-state index contributed by atoms with van der Waals surface area (Å²) in [6.07, 6.45) is 0. The van der Waals surface area contributed by atoms with Gasteiger partial charge in [0.1, 0.15) is 11.5 Å². The Morgan fingerprint density at radius 2 is 1.73 bits per heavy atom. The van der Waals surface area contributed by atoms with Crippen molar-refractivity contribution in [2.75, 3.05) is 27.4 Å². The van der Waals surface area contributed by atoms with Crippen molar-refractivity contribution in [1.82, 2.24) is 20.0 Å². The van der Waals surface area contributed by atoms with E-state index in [0.717, 1.165) is 22.7 Å². The summed E-state index contributed by atoms with van der Waals surface area (Å²) >= 11 is 0. The van der Waals surface area contributed by atoms with Gasteiger partial charge in [0.2, 0.25) is 5.88 Å². The number of ether oxygens (including phenoxy) is 3. The van der Waals surface area contributed by atoms with Crippen LogP contribution in [0.25, 0.3) is 5.69 Å². The third-order valence-corrected chi connectivity index (χ3v) is 5.03. The SMILES string of the molecule is COCCN(Cc1c(C)nn(-c2ccccc2)c1Oc1ccc(OC)cc1)C(=O)NC(C)C. The molecule has 2 aromatic carbocycles. The molecule has 8 nitrogen and oxygen atoms in total. The van der Waals surface area contributed by atoms with Crippen LogP contribution in [-0.4, -0.2) is 54.1 Å². The molecule has 0 aliphatic heterocycles. The number of para-hydroxylation sites is 1. The maximum atomic E-state index is 12.9. The highest BCUT2D eigenvalue weighted by atomic mass is 16.5.